The van der Waals surface area contributed by atoms with Crippen LogP contribution >= 0.6 is 0 Å². The molecule has 2 aromatic heterocycles. The molecule has 1 aliphatic rings. The van der Waals surface area contributed by atoms with Gasteiger partial charge in [0.25, 0.3) is 0 Å². The van der Waals surface area contributed by atoms with E-state index in [0.717, 1.165) is 30.8 Å². The number of nitrogens with one attached hydrogen (secondary N) is 1. The first-order valence-electron chi connectivity index (χ1n) is 8.66. The van der Waals surface area contributed by atoms with E-state index in [9.17, 15) is 8.42 Å². The fourth-order valence-corrected chi connectivity index (χ4v) is 4.31. The smallest absolute Gasteiger partial charge is 0.243 e. The number of hydrogen-bond acceptors (Lipinski definition) is 4. The summed E-state index contributed by atoms with van der Waals surface area (Å²) in [6.45, 7) is 1.84. The Labute approximate surface area is 152 Å². The van der Waals surface area contributed by atoms with Crippen molar-refractivity contribution in [2.24, 2.45) is 5.92 Å². The van der Waals surface area contributed by atoms with E-state index in [2.05, 4.69) is 19.4 Å². The van der Waals surface area contributed by atoms with Crippen LogP contribution in [-0.4, -0.2) is 34.3 Å². The zero-order valence-corrected chi connectivity index (χ0v) is 15.1. The molecular weight excluding hydrogens is 350 g/mol. The molecule has 0 spiro atoms. The van der Waals surface area contributed by atoms with Gasteiger partial charge in [-0.2, -0.15) is 5.10 Å². The molecule has 4 rings (SSSR count). The second kappa shape index (κ2) is 7.05. The molecule has 1 unspecified atom stereocenters. The van der Waals surface area contributed by atoms with Gasteiger partial charge < -0.3 is 4.57 Å². The summed E-state index contributed by atoms with van der Waals surface area (Å²) in [5.41, 5.74) is 1.07. The van der Waals surface area contributed by atoms with Crippen LogP contribution in [0.2, 0.25) is 0 Å². The van der Waals surface area contributed by atoms with Gasteiger partial charge in [0.05, 0.1) is 12.7 Å². The molecule has 1 N–H and O–H groups in total. The molecule has 0 amide bonds. The van der Waals surface area contributed by atoms with Crippen LogP contribution in [0.3, 0.4) is 0 Å². The molecule has 0 bridgehead atoms. The fraction of sp³-hybridized carbons (Fsp3) is 0.333. The molecule has 3 aromatic rings. The summed E-state index contributed by atoms with van der Waals surface area (Å²) in [5.74, 6) is 1.29. The molecule has 0 saturated heterocycles. The van der Waals surface area contributed by atoms with Crippen LogP contribution in [-0.2, 0) is 29.5 Å². The average molecular weight is 371 g/mol. The maximum Gasteiger partial charge on any atom is 0.243 e. The quantitative estimate of drug-likeness (QED) is 0.715. The molecule has 8 heteroatoms. The van der Waals surface area contributed by atoms with Crippen molar-refractivity contribution in [1.82, 2.24) is 24.1 Å². The van der Waals surface area contributed by atoms with Gasteiger partial charge in [0.1, 0.15) is 10.7 Å². The summed E-state index contributed by atoms with van der Waals surface area (Å²) >= 11 is 0. The minimum absolute atomic E-state index is 0.200. The molecule has 1 aliphatic heterocycles. The van der Waals surface area contributed by atoms with Gasteiger partial charge in [-0.15, -0.1) is 0 Å². The van der Waals surface area contributed by atoms with Crippen molar-refractivity contribution in [1.29, 1.82) is 0 Å². The van der Waals surface area contributed by atoms with Crippen molar-refractivity contribution in [2.45, 2.75) is 30.8 Å². The minimum atomic E-state index is -3.56. The maximum atomic E-state index is 12.6. The lowest BCUT2D eigenvalue weighted by Gasteiger charge is -2.23. The normalized spacial score (nSPS) is 17.2. The summed E-state index contributed by atoms with van der Waals surface area (Å²) < 4.78 is 31.6. The zero-order valence-electron chi connectivity index (χ0n) is 14.3. The van der Waals surface area contributed by atoms with Gasteiger partial charge in [0, 0.05) is 38.1 Å². The van der Waals surface area contributed by atoms with Gasteiger partial charge in [0.2, 0.25) is 10.0 Å². The van der Waals surface area contributed by atoms with E-state index in [0.29, 0.717) is 13.1 Å². The number of hydrogen-bond donors (Lipinski definition) is 1. The van der Waals surface area contributed by atoms with E-state index in [1.807, 2.05) is 36.5 Å². The van der Waals surface area contributed by atoms with Crippen molar-refractivity contribution in [3.05, 3.63) is 66.5 Å². The van der Waals surface area contributed by atoms with Crippen molar-refractivity contribution in [3.63, 3.8) is 0 Å². The summed E-state index contributed by atoms with van der Waals surface area (Å²) in [5, 5.41) is 4.18. The second-order valence-corrected chi connectivity index (χ2v) is 8.37. The predicted octanol–water partition coefficient (Wildman–Crippen LogP) is 1.67. The Balaban J connectivity index is 1.38. The van der Waals surface area contributed by atoms with Crippen molar-refractivity contribution < 1.29 is 8.42 Å². The highest BCUT2D eigenvalue weighted by Gasteiger charge is 2.23. The zero-order chi connectivity index (χ0) is 18.0. The van der Waals surface area contributed by atoms with E-state index in [4.69, 9.17) is 0 Å². The molecule has 1 aromatic carbocycles. The van der Waals surface area contributed by atoms with Crippen LogP contribution in [0.5, 0.6) is 0 Å². The van der Waals surface area contributed by atoms with Crippen molar-refractivity contribution in [3.8, 4) is 0 Å². The van der Waals surface area contributed by atoms with Crippen LogP contribution in [0, 0.1) is 5.92 Å². The van der Waals surface area contributed by atoms with Gasteiger partial charge in [-0.3, -0.25) is 4.68 Å². The maximum absolute atomic E-state index is 12.6. The summed E-state index contributed by atoms with van der Waals surface area (Å²) in [6.07, 6.45) is 8.48. The third-order valence-corrected chi connectivity index (χ3v) is 6.10. The number of imidazole rings is 1. The van der Waals surface area contributed by atoms with Crippen molar-refractivity contribution >= 4 is 10.0 Å². The first kappa shape index (κ1) is 17.0. The van der Waals surface area contributed by atoms with Crippen LogP contribution < -0.4 is 4.72 Å². The largest absolute Gasteiger partial charge is 0.335 e. The Hall–Kier alpha value is -2.45. The lowest BCUT2D eigenvalue weighted by molar-refractivity contribution is 0.379. The summed E-state index contributed by atoms with van der Waals surface area (Å²) in [7, 11) is -3.56. The van der Waals surface area contributed by atoms with E-state index < -0.39 is 10.0 Å². The number of benzene rings is 1. The summed E-state index contributed by atoms with van der Waals surface area (Å²) in [6, 6.07) is 9.83. The average Bonchev–Trinajstić information content (AvgIpc) is 3.30. The van der Waals surface area contributed by atoms with Crippen LogP contribution in [0.15, 0.2) is 60.0 Å². The highest BCUT2D eigenvalue weighted by molar-refractivity contribution is 7.89. The van der Waals surface area contributed by atoms with Crippen LogP contribution in [0.1, 0.15) is 17.8 Å². The molecule has 7 nitrogen and oxygen atoms in total. The molecule has 26 heavy (non-hydrogen) atoms. The third kappa shape index (κ3) is 3.71. The molecule has 1 atom stereocenters. The van der Waals surface area contributed by atoms with Gasteiger partial charge in [-0.1, -0.05) is 30.3 Å². The van der Waals surface area contributed by atoms with Crippen molar-refractivity contribution in [2.75, 3.05) is 6.54 Å². The topological polar surface area (TPSA) is 81.8 Å². The number of aryl methyl sites for hydroxylation is 1. The minimum Gasteiger partial charge on any atom is -0.335 e. The standard InChI is InChI=1S/C18H21N5O2S/c24-26(25,21-11-16-6-8-22-9-7-19-18(22)10-16)17-12-20-23(14-17)13-15-4-2-1-3-5-15/h1-5,7,9,12,14,16,21H,6,8,10-11,13H2. The molecule has 136 valence electrons. The Kier molecular flexibility index (Phi) is 4.60. The van der Waals surface area contributed by atoms with Crippen LogP contribution in [0.25, 0.3) is 0 Å². The molecule has 3 heterocycles. The third-order valence-electron chi connectivity index (χ3n) is 4.72. The number of aromatic nitrogens is 4. The van der Waals surface area contributed by atoms with Gasteiger partial charge in [0.15, 0.2) is 0 Å². The number of fused-ring (bicyclic) bond motifs is 1. The Morgan fingerprint density at radius 2 is 2.08 bits per heavy atom. The fourth-order valence-electron chi connectivity index (χ4n) is 3.24. The molecule has 0 saturated carbocycles. The Bertz CT molecular complexity index is 978. The Morgan fingerprint density at radius 3 is 2.92 bits per heavy atom. The number of sulfonamides is 1. The number of nitrogens with zero attached hydrogens (tertiary/aromatic N) is 4. The monoisotopic (exact) mass is 371 g/mol. The molecule has 0 radical (unpaired) electrons. The predicted molar refractivity (Wildman–Crippen MR) is 97.0 cm³/mol. The first-order valence-corrected chi connectivity index (χ1v) is 10.1. The van der Waals surface area contributed by atoms with E-state index in [-0.39, 0.29) is 10.8 Å². The van der Waals surface area contributed by atoms with Gasteiger partial charge >= 0.3 is 0 Å². The first-order chi connectivity index (χ1) is 12.6. The Morgan fingerprint density at radius 1 is 1.23 bits per heavy atom. The number of rotatable bonds is 6. The lowest BCUT2D eigenvalue weighted by Crippen LogP contribution is -2.33. The molecule has 0 aliphatic carbocycles. The van der Waals surface area contributed by atoms with Crippen LogP contribution in [0.4, 0.5) is 0 Å². The highest BCUT2D eigenvalue weighted by Crippen LogP contribution is 2.19. The SMILES string of the molecule is O=S(=O)(NCC1CCn2ccnc2C1)c1cnn(Cc2ccccc2)c1. The highest BCUT2D eigenvalue weighted by atomic mass is 32.2. The van der Waals surface area contributed by atoms with E-state index >= 15 is 0 Å². The summed E-state index contributed by atoms with van der Waals surface area (Å²) in [4.78, 5) is 4.52. The second-order valence-electron chi connectivity index (χ2n) is 6.61. The van der Waals surface area contributed by atoms with E-state index in [1.54, 1.807) is 17.1 Å². The molecule has 0 fully saturated rings. The van der Waals surface area contributed by atoms with Gasteiger partial charge in [-0.25, -0.2) is 18.1 Å². The van der Waals surface area contributed by atoms with Gasteiger partial charge in [-0.05, 0) is 17.9 Å². The lowest BCUT2D eigenvalue weighted by atomic mass is 9.98. The molecular formula is C18H21N5O2S. The van der Waals surface area contributed by atoms with E-state index in [1.165, 1.54) is 6.20 Å².